The maximum atomic E-state index is 13.1. The molecular formula is C21H20F2N6O3S. The molecule has 0 unspecified atom stereocenters. The van der Waals surface area contributed by atoms with Gasteiger partial charge in [0.2, 0.25) is 0 Å². The van der Waals surface area contributed by atoms with Crippen LogP contribution in [-0.4, -0.2) is 48.1 Å². The molecule has 12 heteroatoms. The number of alkyl halides is 2. The maximum Gasteiger partial charge on any atom is 0.387 e. The lowest BCUT2D eigenvalue weighted by Crippen LogP contribution is -2.13. The van der Waals surface area contributed by atoms with Gasteiger partial charge in [-0.1, -0.05) is 0 Å². The van der Waals surface area contributed by atoms with Crippen molar-refractivity contribution in [1.82, 2.24) is 24.4 Å². The minimum absolute atomic E-state index is 0.151. The Hall–Kier alpha value is -3.51. The largest absolute Gasteiger partial charge is 0.433 e. The molecule has 33 heavy (non-hydrogen) atoms. The maximum absolute atomic E-state index is 13.1. The quantitative estimate of drug-likeness (QED) is 0.355. The third-order valence-corrected chi connectivity index (χ3v) is 5.06. The standard InChI is InChI=1S/C21H20F2N6O3S/c1-11(30)6-12-7-13(18(16(33)8-12)32-21(22)23)17-15(10-28(2)27-17)26-20(31)14-9-25-29-5-3-4-24-19(14)29/h3-5,7-11,21,30,33H,6H2,1-2H3,(H,26,31)/t11-/m0/s1. The van der Waals surface area contributed by atoms with Crippen LogP contribution in [0.1, 0.15) is 22.8 Å². The smallest absolute Gasteiger partial charge is 0.387 e. The van der Waals surface area contributed by atoms with E-state index in [0.29, 0.717) is 11.2 Å². The van der Waals surface area contributed by atoms with Crippen LogP contribution in [-0.2, 0) is 13.5 Å². The molecule has 172 valence electrons. The molecular weight excluding hydrogens is 454 g/mol. The summed E-state index contributed by atoms with van der Waals surface area (Å²) >= 11 is 4.30. The summed E-state index contributed by atoms with van der Waals surface area (Å²) in [5, 5.41) is 21.0. The Kier molecular flexibility index (Phi) is 6.29. The molecule has 0 aliphatic carbocycles. The molecule has 0 fully saturated rings. The van der Waals surface area contributed by atoms with E-state index in [2.05, 4.69) is 33.1 Å². The lowest BCUT2D eigenvalue weighted by molar-refractivity contribution is -0.0512. The average molecular weight is 474 g/mol. The minimum atomic E-state index is -3.09. The number of hydrogen-bond donors (Lipinski definition) is 3. The van der Waals surface area contributed by atoms with E-state index in [9.17, 15) is 18.7 Å². The first-order valence-corrected chi connectivity index (χ1v) is 10.3. The van der Waals surface area contributed by atoms with Gasteiger partial charge >= 0.3 is 6.61 Å². The normalized spacial score (nSPS) is 12.3. The van der Waals surface area contributed by atoms with Crippen molar-refractivity contribution in [2.75, 3.05) is 5.32 Å². The molecule has 4 rings (SSSR count). The van der Waals surface area contributed by atoms with E-state index in [-0.39, 0.29) is 39.6 Å². The van der Waals surface area contributed by atoms with Crippen LogP contribution in [0.5, 0.6) is 5.75 Å². The fraction of sp³-hybridized carbons (Fsp3) is 0.238. The van der Waals surface area contributed by atoms with Gasteiger partial charge in [-0.05, 0) is 37.1 Å². The molecule has 3 heterocycles. The van der Waals surface area contributed by atoms with E-state index in [1.54, 1.807) is 44.6 Å². The average Bonchev–Trinajstić information content (AvgIpc) is 3.32. The third kappa shape index (κ3) is 4.81. The van der Waals surface area contributed by atoms with Gasteiger partial charge in [0.05, 0.1) is 18.0 Å². The SMILES string of the molecule is C[C@H](O)Cc1cc(S)c(OC(F)F)c(-c2nn(C)cc2NC(=O)c2cnn3cccnc23)c1. The number of hydrogen-bond acceptors (Lipinski definition) is 7. The summed E-state index contributed by atoms with van der Waals surface area (Å²) in [7, 11) is 1.63. The van der Waals surface area contributed by atoms with Crippen LogP contribution in [0.3, 0.4) is 0 Å². The summed E-state index contributed by atoms with van der Waals surface area (Å²) in [6, 6.07) is 4.81. The van der Waals surface area contributed by atoms with Crippen molar-refractivity contribution in [2.45, 2.75) is 31.0 Å². The van der Waals surface area contributed by atoms with Gasteiger partial charge in [-0.15, -0.1) is 12.6 Å². The summed E-state index contributed by atoms with van der Waals surface area (Å²) < 4.78 is 33.9. The Morgan fingerprint density at radius 1 is 1.36 bits per heavy atom. The molecule has 0 saturated carbocycles. The molecule has 4 aromatic rings. The number of aryl methyl sites for hydroxylation is 1. The molecule has 0 radical (unpaired) electrons. The second kappa shape index (κ2) is 9.16. The molecule has 3 aromatic heterocycles. The zero-order chi connectivity index (χ0) is 23.7. The number of nitrogens with one attached hydrogen (secondary N) is 1. The van der Waals surface area contributed by atoms with Crippen molar-refractivity contribution in [3.8, 4) is 17.0 Å². The Balaban J connectivity index is 1.77. The number of aromatic nitrogens is 5. The summed E-state index contributed by atoms with van der Waals surface area (Å²) in [5.74, 6) is -0.685. The van der Waals surface area contributed by atoms with E-state index < -0.39 is 18.6 Å². The number of aliphatic hydroxyl groups excluding tert-OH is 1. The summed E-state index contributed by atoms with van der Waals surface area (Å²) in [6.07, 6.45) is 5.71. The van der Waals surface area contributed by atoms with Crippen molar-refractivity contribution < 1.29 is 23.4 Å². The van der Waals surface area contributed by atoms with Gasteiger partial charge in [0.1, 0.15) is 17.0 Å². The molecule has 0 saturated heterocycles. The topological polar surface area (TPSA) is 107 Å². The number of thiol groups is 1. The molecule has 9 nitrogen and oxygen atoms in total. The van der Waals surface area contributed by atoms with Gasteiger partial charge in [-0.3, -0.25) is 9.48 Å². The van der Waals surface area contributed by atoms with Gasteiger partial charge in [-0.25, -0.2) is 9.50 Å². The number of ether oxygens (including phenoxy) is 1. The molecule has 0 aliphatic heterocycles. The first-order valence-electron chi connectivity index (χ1n) is 9.85. The van der Waals surface area contributed by atoms with Crippen molar-refractivity contribution in [2.24, 2.45) is 7.05 Å². The number of fused-ring (bicyclic) bond motifs is 1. The third-order valence-electron chi connectivity index (χ3n) is 4.72. The lowest BCUT2D eigenvalue weighted by atomic mass is 10.0. The number of carbonyl (C=O) groups excluding carboxylic acids is 1. The first kappa shape index (κ1) is 22.7. The Labute approximate surface area is 192 Å². The van der Waals surface area contributed by atoms with Crippen molar-refractivity contribution in [3.05, 3.63) is 54.1 Å². The van der Waals surface area contributed by atoms with Crippen LogP contribution in [0.2, 0.25) is 0 Å². The number of halogens is 2. The Morgan fingerprint density at radius 3 is 2.88 bits per heavy atom. The zero-order valence-electron chi connectivity index (χ0n) is 17.6. The van der Waals surface area contributed by atoms with Crippen LogP contribution in [0.25, 0.3) is 16.9 Å². The summed E-state index contributed by atoms with van der Waals surface area (Å²) in [4.78, 5) is 17.3. The van der Waals surface area contributed by atoms with E-state index in [4.69, 9.17) is 4.74 Å². The highest BCUT2D eigenvalue weighted by Crippen LogP contribution is 2.40. The number of carbonyl (C=O) groups is 1. The predicted octanol–water partition coefficient (Wildman–Crippen LogP) is 3.20. The Bertz CT molecular complexity index is 1320. The highest BCUT2D eigenvalue weighted by molar-refractivity contribution is 7.80. The van der Waals surface area contributed by atoms with Crippen LogP contribution in [0, 0.1) is 0 Å². The number of aliphatic hydroxyl groups is 1. The molecule has 0 aliphatic rings. The molecule has 1 aromatic carbocycles. The van der Waals surface area contributed by atoms with Crippen molar-refractivity contribution >= 4 is 29.9 Å². The van der Waals surface area contributed by atoms with Gasteiger partial charge in [0.15, 0.2) is 5.65 Å². The van der Waals surface area contributed by atoms with E-state index in [1.807, 2.05) is 0 Å². The van der Waals surface area contributed by atoms with Crippen LogP contribution in [0.4, 0.5) is 14.5 Å². The van der Waals surface area contributed by atoms with Gasteiger partial charge in [-0.2, -0.15) is 19.0 Å². The van der Waals surface area contributed by atoms with Crippen LogP contribution in [0.15, 0.2) is 47.9 Å². The van der Waals surface area contributed by atoms with E-state index >= 15 is 0 Å². The molecule has 0 spiro atoms. The first-order chi connectivity index (χ1) is 15.7. The number of rotatable bonds is 7. The summed E-state index contributed by atoms with van der Waals surface area (Å²) in [6.45, 7) is -1.48. The fourth-order valence-electron chi connectivity index (χ4n) is 3.48. The second-order valence-corrected chi connectivity index (χ2v) is 7.87. The number of anilines is 1. The van der Waals surface area contributed by atoms with Gasteiger partial charge in [0.25, 0.3) is 5.91 Å². The summed E-state index contributed by atoms with van der Waals surface area (Å²) in [5.41, 5.74) is 1.90. The zero-order valence-corrected chi connectivity index (χ0v) is 18.5. The van der Waals surface area contributed by atoms with E-state index in [0.717, 1.165) is 0 Å². The molecule has 1 amide bonds. The number of benzene rings is 1. The van der Waals surface area contributed by atoms with Crippen LogP contribution < -0.4 is 10.1 Å². The Morgan fingerprint density at radius 2 is 2.15 bits per heavy atom. The number of amides is 1. The lowest BCUT2D eigenvalue weighted by Gasteiger charge is -2.16. The molecule has 0 bridgehead atoms. The highest BCUT2D eigenvalue weighted by Gasteiger charge is 2.23. The molecule has 2 N–H and O–H groups in total. The monoisotopic (exact) mass is 474 g/mol. The van der Waals surface area contributed by atoms with Crippen molar-refractivity contribution in [3.63, 3.8) is 0 Å². The highest BCUT2D eigenvalue weighted by atomic mass is 32.1. The predicted molar refractivity (Wildman–Crippen MR) is 119 cm³/mol. The van der Waals surface area contributed by atoms with Crippen molar-refractivity contribution in [1.29, 1.82) is 0 Å². The number of nitrogens with zero attached hydrogens (tertiary/aromatic N) is 5. The minimum Gasteiger partial charge on any atom is -0.433 e. The molecule has 1 atom stereocenters. The van der Waals surface area contributed by atoms with Crippen LogP contribution >= 0.6 is 12.6 Å². The second-order valence-electron chi connectivity index (χ2n) is 7.39. The van der Waals surface area contributed by atoms with Gasteiger partial charge in [0, 0.05) is 36.1 Å². The fourth-order valence-corrected chi connectivity index (χ4v) is 3.81. The van der Waals surface area contributed by atoms with Gasteiger partial charge < -0.3 is 15.2 Å². The van der Waals surface area contributed by atoms with E-state index in [1.165, 1.54) is 21.6 Å².